The summed E-state index contributed by atoms with van der Waals surface area (Å²) in [5, 5.41) is 11.8. The van der Waals surface area contributed by atoms with E-state index in [1.165, 1.54) is 0 Å². The van der Waals surface area contributed by atoms with Crippen LogP contribution < -0.4 is 5.32 Å². The maximum atomic E-state index is 10.9. The molecule has 0 aromatic rings. The lowest BCUT2D eigenvalue weighted by atomic mass is 10.2. The molecule has 0 amide bonds. The highest BCUT2D eigenvalue weighted by molar-refractivity contribution is 5.73. The maximum absolute atomic E-state index is 10.9. The summed E-state index contributed by atoms with van der Waals surface area (Å²) in [7, 11) is 4.95. The molecule has 0 spiro atoms. The van der Waals surface area contributed by atoms with Crippen LogP contribution in [0, 0.1) is 0 Å². The summed E-state index contributed by atoms with van der Waals surface area (Å²) in [5.41, 5.74) is 0. The number of carboxylic acid groups (broad SMARTS) is 1. The summed E-state index contributed by atoms with van der Waals surface area (Å²) in [4.78, 5) is 13.0. The van der Waals surface area contributed by atoms with Gasteiger partial charge in [-0.15, -0.1) is 0 Å². The van der Waals surface area contributed by atoms with E-state index in [0.717, 1.165) is 19.5 Å². The Balaban J connectivity index is 4.09. The SMILES string of the molecule is CNC(CN(CCCOC)CCOC)C(=O)O. The standard InChI is InChI=1S/C11H24N2O4/c1-12-10(11(14)15)9-13(6-8-17-3)5-4-7-16-2/h10,12H,4-9H2,1-3H3,(H,14,15). The molecule has 0 aliphatic heterocycles. The molecular formula is C11H24N2O4. The first-order valence-corrected chi connectivity index (χ1v) is 5.76. The second-order valence-electron chi connectivity index (χ2n) is 3.82. The predicted octanol–water partition coefficient (Wildman–Crippen LogP) is -0.356. The number of carboxylic acids is 1. The molecule has 0 aromatic carbocycles. The number of aliphatic carboxylic acids is 1. The highest BCUT2D eigenvalue weighted by Gasteiger charge is 2.18. The topological polar surface area (TPSA) is 71.0 Å². The van der Waals surface area contributed by atoms with Crippen LogP contribution in [0.3, 0.4) is 0 Å². The second kappa shape index (κ2) is 10.5. The van der Waals surface area contributed by atoms with Gasteiger partial charge < -0.3 is 19.9 Å². The summed E-state index contributed by atoms with van der Waals surface area (Å²) >= 11 is 0. The molecule has 2 N–H and O–H groups in total. The van der Waals surface area contributed by atoms with Gasteiger partial charge >= 0.3 is 5.97 Å². The van der Waals surface area contributed by atoms with Crippen LogP contribution >= 0.6 is 0 Å². The molecular weight excluding hydrogens is 224 g/mol. The van der Waals surface area contributed by atoms with Gasteiger partial charge in [0.1, 0.15) is 6.04 Å². The van der Waals surface area contributed by atoms with Crippen LogP contribution in [0.4, 0.5) is 0 Å². The van der Waals surface area contributed by atoms with Crippen molar-refractivity contribution in [2.24, 2.45) is 0 Å². The van der Waals surface area contributed by atoms with E-state index in [4.69, 9.17) is 14.6 Å². The van der Waals surface area contributed by atoms with Crippen LogP contribution in [0.15, 0.2) is 0 Å². The van der Waals surface area contributed by atoms with Crippen molar-refractivity contribution in [1.82, 2.24) is 10.2 Å². The molecule has 102 valence electrons. The Morgan fingerprint density at radius 3 is 2.41 bits per heavy atom. The molecule has 0 aliphatic carbocycles. The van der Waals surface area contributed by atoms with Gasteiger partial charge in [0.15, 0.2) is 0 Å². The Labute approximate surface area is 103 Å². The molecule has 0 fully saturated rings. The first kappa shape index (κ1) is 16.3. The number of ether oxygens (including phenoxy) is 2. The summed E-state index contributed by atoms with van der Waals surface area (Å²) in [6.45, 7) is 3.29. The summed E-state index contributed by atoms with van der Waals surface area (Å²) in [6, 6.07) is -0.547. The van der Waals surface area contributed by atoms with Crippen molar-refractivity contribution in [1.29, 1.82) is 0 Å². The summed E-state index contributed by atoms with van der Waals surface area (Å²) in [5.74, 6) is -0.832. The number of likely N-dealkylation sites (N-methyl/N-ethyl adjacent to an activating group) is 1. The predicted molar refractivity (Wildman–Crippen MR) is 65.3 cm³/mol. The van der Waals surface area contributed by atoms with Crippen molar-refractivity contribution in [2.75, 3.05) is 54.1 Å². The van der Waals surface area contributed by atoms with Gasteiger partial charge in [-0.3, -0.25) is 9.69 Å². The molecule has 0 aliphatic rings. The van der Waals surface area contributed by atoms with Gasteiger partial charge in [0.25, 0.3) is 0 Å². The minimum Gasteiger partial charge on any atom is -0.480 e. The number of hydrogen-bond donors (Lipinski definition) is 2. The minimum absolute atomic E-state index is 0.471. The number of carbonyl (C=O) groups is 1. The Hall–Kier alpha value is -0.690. The van der Waals surface area contributed by atoms with Crippen molar-refractivity contribution in [2.45, 2.75) is 12.5 Å². The van der Waals surface area contributed by atoms with E-state index in [9.17, 15) is 4.79 Å². The van der Waals surface area contributed by atoms with Gasteiger partial charge in [0, 0.05) is 40.5 Å². The van der Waals surface area contributed by atoms with Crippen molar-refractivity contribution < 1.29 is 19.4 Å². The third kappa shape index (κ3) is 8.09. The Morgan fingerprint density at radius 2 is 1.94 bits per heavy atom. The molecule has 0 heterocycles. The Kier molecular flexibility index (Phi) is 10.0. The van der Waals surface area contributed by atoms with Crippen molar-refractivity contribution in [3.63, 3.8) is 0 Å². The molecule has 6 nitrogen and oxygen atoms in total. The van der Waals surface area contributed by atoms with Gasteiger partial charge in [0.2, 0.25) is 0 Å². The van der Waals surface area contributed by atoms with Gasteiger partial charge in [-0.25, -0.2) is 0 Å². The van der Waals surface area contributed by atoms with Crippen LogP contribution in [-0.2, 0) is 14.3 Å². The average Bonchev–Trinajstić information content (AvgIpc) is 2.31. The first-order chi connectivity index (χ1) is 8.15. The zero-order chi connectivity index (χ0) is 13.1. The van der Waals surface area contributed by atoms with Gasteiger partial charge in [0.05, 0.1) is 6.61 Å². The van der Waals surface area contributed by atoms with Gasteiger partial charge in [-0.1, -0.05) is 0 Å². The van der Waals surface area contributed by atoms with E-state index in [-0.39, 0.29) is 0 Å². The monoisotopic (exact) mass is 248 g/mol. The lowest BCUT2D eigenvalue weighted by Gasteiger charge is -2.25. The fourth-order valence-electron chi connectivity index (χ4n) is 1.50. The maximum Gasteiger partial charge on any atom is 0.322 e. The minimum atomic E-state index is -0.832. The Morgan fingerprint density at radius 1 is 1.29 bits per heavy atom. The summed E-state index contributed by atoms with van der Waals surface area (Å²) < 4.78 is 10.00. The zero-order valence-electron chi connectivity index (χ0n) is 10.9. The quantitative estimate of drug-likeness (QED) is 0.487. The molecule has 0 rings (SSSR count). The highest BCUT2D eigenvalue weighted by atomic mass is 16.5. The number of nitrogens with one attached hydrogen (secondary N) is 1. The fraction of sp³-hybridized carbons (Fsp3) is 0.909. The number of methoxy groups -OCH3 is 2. The summed E-state index contributed by atoms with van der Waals surface area (Å²) in [6.07, 6.45) is 0.885. The van der Waals surface area contributed by atoms with Crippen LogP contribution in [-0.4, -0.2) is 76.1 Å². The van der Waals surface area contributed by atoms with Crippen LogP contribution in [0.5, 0.6) is 0 Å². The van der Waals surface area contributed by atoms with E-state index in [1.807, 2.05) is 0 Å². The molecule has 6 heteroatoms. The van der Waals surface area contributed by atoms with E-state index >= 15 is 0 Å². The van der Waals surface area contributed by atoms with Crippen LogP contribution in [0.2, 0.25) is 0 Å². The molecule has 0 saturated carbocycles. The van der Waals surface area contributed by atoms with Crippen molar-refractivity contribution in [3.05, 3.63) is 0 Å². The number of rotatable bonds is 11. The second-order valence-corrected chi connectivity index (χ2v) is 3.82. The molecule has 0 saturated heterocycles. The smallest absolute Gasteiger partial charge is 0.322 e. The number of nitrogens with zero attached hydrogens (tertiary/aromatic N) is 1. The average molecular weight is 248 g/mol. The van der Waals surface area contributed by atoms with E-state index in [2.05, 4.69) is 10.2 Å². The molecule has 1 unspecified atom stereocenters. The third-order valence-electron chi connectivity index (χ3n) is 2.52. The molecule has 0 bridgehead atoms. The highest BCUT2D eigenvalue weighted by Crippen LogP contribution is 1.96. The van der Waals surface area contributed by atoms with Gasteiger partial charge in [-0.05, 0) is 13.5 Å². The zero-order valence-corrected chi connectivity index (χ0v) is 10.9. The van der Waals surface area contributed by atoms with E-state index in [0.29, 0.717) is 19.8 Å². The van der Waals surface area contributed by atoms with E-state index < -0.39 is 12.0 Å². The van der Waals surface area contributed by atoms with Gasteiger partial charge in [-0.2, -0.15) is 0 Å². The first-order valence-electron chi connectivity index (χ1n) is 5.76. The molecule has 17 heavy (non-hydrogen) atoms. The number of hydrogen-bond acceptors (Lipinski definition) is 5. The third-order valence-corrected chi connectivity index (χ3v) is 2.52. The fourth-order valence-corrected chi connectivity index (χ4v) is 1.50. The largest absolute Gasteiger partial charge is 0.480 e. The van der Waals surface area contributed by atoms with Crippen molar-refractivity contribution >= 4 is 5.97 Å². The lowest BCUT2D eigenvalue weighted by Crippen LogP contribution is -2.46. The molecule has 0 radical (unpaired) electrons. The lowest BCUT2D eigenvalue weighted by molar-refractivity contribution is -0.139. The molecule has 0 aromatic heterocycles. The van der Waals surface area contributed by atoms with Crippen LogP contribution in [0.25, 0.3) is 0 Å². The normalized spacial score (nSPS) is 12.9. The van der Waals surface area contributed by atoms with Crippen molar-refractivity contribution in [3.8, 4) is 0 Å². The van der Waals surface area contributed by atoms with Crippen LogP contribution in [0.1, 0.15) is 6.42 Å². The van der Waals surface area contributed by atoms with E-state index in [1.54, 1.807) is 21.3 Å². The molecule has 1 atom stereocenters. The Bertz CT molecular complexity index is 202.